The van der Waals surface area contributed by atoms with Crippen molar-refractivity contribution in [3.63, 3.8) is 0 Å². The van der Waals surface area contributed by atoms with Crippen molar-refractivity contribution in [1.29, 1.82) is 0 Å². The van der Waals surface area contributed by atoms with E-state index in [0.717, 1.165) is 19.6 Å². The first-order chi connectivity index (χ1) is 6.80. The summed E-state index contributed by atoms with van der Waals surface area (Å²) < 4.78 is 0. The molecule has 1 heterocycles. The molecule has 0 spiro atoms. The Balaban J connectivity index is 2.03. The van der Waals surface area contributed by atoms with Crippen LogP contribution < -0.4 is 0 Å². The van der Waals surface area contributed by atoms with Crippen molar-refractivity contribution >= 4 is 0 Å². The maximum Gasteiger partial charge on any atom is 0.0558 e. The normalized spacial score (nSPS) is 38.6. The summed E-state index contributed by atoms with van der Waals surface area (Å²) >= 11 is 0. The first-order valence-corrected chi connectivity index (χ1v) is 5.75. The molecule has 2 N–H and O–H groups in total. The van der Waals surface area contributed by atoms with Crippen LogP contribution in [0.1, 0.15) is 25.7 Å². The van der Waals surface area contributed by atoms with Gasteiger partial charge in [-0.3, -0.25) is 0 Å². The van der Waals surface area contributed by atoms with E-state index >= 15 is 0 Å². The van der Waals surface area contributed by atoms with Crippen LogP contribution in [0, 0.1) is 11.3 Å². The van der Waals surface area contributed by atoms with Gasteiger partial charge in [-0.1, -0.05) is 12.8 Å². The van der Waals surface area contributed by atoms with Crippen molar-refractivity contribution in [1.82, 2.24) is 4.90 Å². The second-order valence-corrected chi connectivity index (χ2v) is 4.92. The molecule has 1 saturated carbocycles. The van der Waals surface area contributed by atoms with Crippen LogP contribution in [-0.4, -0.2) is 48.0 Å². The molecule has 3 heteroatoms. The smallest absolute Gasteiger partial charge is 0.0558 e. The van der Waals surface area contributed by atoms with Crippen molar-refractivity contribution in [3.05, 3.63) is 0 Å². The third-order valence-electron chi connectivity index (χ3n) is 4.09. The molecule has 0 aromatic rings. The predicted molar refractivity (Wildman–Crippen MR) is 55.0 cm³/mol. The Bertz CT molecular complexity index is 198. The van der Waals surface area contributed by atoms with Gasteiger partial charge in [-0.05, 0) is 18.8 Å². The van der Waals surface area contributed by atoms with Gasteiger partial charge in [0.05, 0.1) is 13.2 Å². The minimum Gasteiger partial charge on any atom is -0.396 e. The molecule has 3 nitrogen and oxygen atoms in total. The summed E-state index contributed by atoms with van der Waals surface area (Å²) in [5.74, 6) is 0.674. The van der Waals surface area contributed by atoms with Crippen LogP contribution in [0.2, 0.25) is 0 Å². The van der Waals surface area contributed by atoms with Gasteiger partial charge in [0, 0.05) is 25.0 Å². The number of hydrogen-bond donors (Lipinski definition) is 2. The molecule has 1 aliphatic carbocycles. The van der Waals surface area contributed by atoms with Crippen molar-refractivity contribution in [2.75, 3.05) is 32.8 Å². The second-order valence-electron chi connectivity index (χ2n) is 4.92. The molecule has 2 fully saturated rings. The molecular formula is C11H21NO2. The predicted octanol–water partition coefficient (Wildman–Crippen LogP) is 0.463. The Hall–Kier alpha value is -0.120. The van der Waals surface area contributed by atoms with E-state index in [0.29, 0.717) is 12.5 Å². The Morgan fingerprint density at radius 1 is 1.29 bits per heavy atom. The van der Waals surface area contributed by atoms with Crippen LogP contribution in [0.25, 0.3) is 0 Å². The highest BCUT2D eigenvalue weighted by Gasteiger charge is 2.46. The third-order valence-corrected chi connectivity index (χ3v) is 4.09. The standard InChI is InChI=1S/C11H21NO2/c13-6-5-12-7-10-3-1-2-4-11(10,8-12)9-14/h10,13-14H,1-9H2. The van der Waals surface area contributed by atoms with E-state index in [4.69, 9.17) is 5.11 Å². The molecule has 0 aromatic carbocycles. The maximum absolute atomic E-state index is 9.55. The quantitative estimate of drug-likeness (QED) is 0.694. The van der Waals surface area contributed by atoms with Crippen LogP contribution in [0.5, 0.6) is 0 Å². The summed E-state index contributed by atoms with van der Waals surface area (Å²) in [5.41, 5.74) is 0.174. The van der Waals surface area contributed by atoms with E-state index in [1.165, 1.54) is 25.7 Å². The molecule has 0 bridgehead atoms. The number of likely N-dealkylation sites (tertiary alicyclic amines) is 1. The van der Waals surface area contributed by atoms with E-state index in [1.807, 2.05) is 0 Å². The van der Waals surface area contributed by atoms with E-state index in [-0.39, 0.29) is 12.0 Å². The van der Waals surface area contributed by atoms with Crippen LogP contribution in [0.3, 0.4) is 0 Å². The van der Waals surface area contributed by atoms with Gasteiger partial charge in [-0.2, -0.15) is 0 Å². The molecule has 2 aliphatic rings. The second kappa shape index (κ2) is 4.17. The van der Waals surface area contributed by atoms with E-state index in [1.54, 1.807) is 0 Å². The minimum absolute atomic E-state index is 0.174. The fraction of sp³-hybridized carbons (Fsp3) is 1.00. The molecule has 82 valence electrons. The number of β-amino-alcohol motifs (C(OH)–C–C–N with tert-alkyl or cyclic N) is 1. The molecule has 2 atom stereocenters. The Kier molecular flexibility index (Phi) is 3.10. The van der Waals surface area contributed by atoms with Crippen molar-refractivity contribution in [3.8, 4) is 0 Å². The summed E-state index contributed by atoms with van der Waals surface area (Å²) in [6, 6.07) is 0. The summed E-state index contributed by atoms with van der Waals surface area (Å²) in [4.78, 5) is 2.31. The Morgan fingerprint density at radius 2 is 2.14 bits per heavy atom. The van der Waals surface area contributed by atoms with Gasteiger partial charge in [-0.15, -0.1) is 0 Å². The lowest BCUT2D eigenvalue weighted by molar-refractivity contribution is 0.0575. The van der Waals surface area contributed by atoms with Gasteiger partial charge < -0.3 is 15.1 Å². The monoisotopic (exact) mass is 199 g/mol. The van der Waals surface area contributed by atoms with E-state index < -0.39 is 0 Å². The summed E-state index contributed by atoms with van der Waals surface area (Å²) in [6.07, 6.45) is 5.03. The van der Waals surface area contributed by atoms with Crippen molar-refractivity contribution < 1.29 is 10.2 Å². The fourth-order valence-electron chi connectivity index (χ4n) is 3.26. The number of fused-ring (bicyclic) bond motifs is 1. The van der Waals surface area contributed by atoms with Gasteiger partial charge in [0.15, 0.2) is 0 Å². The first kappa shape index (κ1) is 10.4. The van der Waals surface area contributed by atoms with Gasteiger partial charge in [0.1, 0.15) is 0 Å². The highest BCUT2D eigenvalue weighted by molar-refractivity contribution is 4.98. The number of aliphatic hydroxyl groups is 2. The van der Waals surface area contributed by atoms with Crippen LogP contribution >= 0.6 is 0 Å². The molecule has 1 saturated heterocycles. The van der Waals surface area contributed by atoms with Crippen LogP contribution in [0.15, 0.2) is 0 Å². The number of nitrogens with zero attached hydrogens (tertiary/aromatic N) is 1. The van der Waals surface area contributed by atoms with Gasteiger partial charge in [-0.25, -0.2) is 0 Å². The van der Waals surface area contributed by atoms with Gasteiger partial charge >= 0.3 is 0 Å². The van der Waals surface area contributed by atoms with Gasteiger partial charge in [0.25, 0.3) is 0 Å². The van der Waals surface area contributed by atoms with Crippen molar-refractivity contribution in [2.24, 2.45) is 11.3 Å². The SMILES string of the molecule is OCCN1CC2CCCCC2(CO)C1. The minimum atomic E-state index is 0.174. The molecule has 1 aliphatic heterocycles. The van der Waals surface area contributed by atoms with E-state index in [2.05, 4.69) is 4.90 Å². The molecule has 2 rings (SSSR count). The molecule has 14 heavy (non-hydrogen) atoms. The topological polar surface area (TPSA) is 43.7 Å². The molecule has 0 aromatic heterocycles. The third kappa shape index (κ3) is 1.69. The summed E-state index contributed by atoms with van der Waals surface area (Å²) in [7, 11) is 0. The highest BCUT2D eigenvalue weighted by Crippen LogP contribution is 2.46. The average molecular weight is 199 g/mol. The molecule has 0 radical (unpaired) electrons. The summed E-state index contributed by atoms with van der Waals surface area (Å²) in [6.45, 7) is 3.43. The Morgan fingerprint density at radius 3 is 2.79 bits per heavy atom. The maximum atomic E-state index is 9.55. The highest BCUT2D eigenvalue weighted by atomic mass is 16.3. The number of aliphatic hydroxyl groups excluding tert-OH is 2. The zero-order chi connectivity index (χ0) is 10.0. The fourth-order valence-corrected chi connectivity index (χ4v) is 3.26. The molecule has 0 amide bonds. The van der Waals surface area contributed by atoms with Crippen LogP contribution in [-0.2, 0) is 0 Å². The zero-order valence-corrected chi connectivity index (χ0v) is 8.78. The number of rotatable bonds is 3. The lowest BCUT2D eigenvalue weighted by Crippen LogP contribution is -2.37. The largest absolute Gasteiger partial charge is 0.396 e. The first-order valence-electron chi connectivity index (χ1n) is 5.75. The summed E-state index contributed by atoms with van der Waals surface area (Å²) in [5, 5.41) is 18.5. The van der Waals surface area contributed by atoms with Crippen LogP contribution in [0.4, 0.5) is 0 Å². The lowest BCUT2D eigenvalue weighted by atomic mass is 9.69. The van der Waals surface area contributed by atoms with Crippen molar-refractivity contribution in [2.45, 2.75) is 25.7 Å². The number of hydrogen-bond acceptors (Lipinski definition) is 3. The zero-order valence-electron chi connectivity index (χ0n) is 8.78. The van der Waals surface area contributed by atoms with E-state index in [9.17, 15) is 5.11 Å². The Labute approximate surface area is 85.7 Å². The lowest BCUT2D eigenvalue weighted by Gasteiger charge is -2.36. The van der Waals surface area contributed by atoms with Gasteiger partial charge in [0.2, 0.25) is 0 Å². The molecular weight excluding hydrogens is 178 g/mol. The molecule has 2 unspecified atom stereocenters. The average Bonchev–Trinajstić information content (AvgIpc) is 2.57.